The van der Waals surface area contributed by atoms with Crippen molar-refractivity contribution in [1.82, 2.24) is 10.2 Å². The third-order valence-corrected chi connectivity index (χ3v) is 6.91. The van der Waals surface area contributed by atoms with Crippen LogP contribution in [0.5, 0.6) is 11.5 Å². The number of ether oxygens (including phenoxy) is 2. The van der Waals surface area contributed by atoms with Crippen LogP contribution in [-0.2, 0) is 22.6 Å². The molecule has 0 heterocycles. The van der Waals surface area contributed by atoms with Gasteiger partial charge in [0.1, 0.15) is 17.5 Å². The largest absolute Gasteiger partial charge is 0.497 e. The zero-order chi connectivity index (χ0) is 26.0. The fourth-order valence-corrected chi connectivity index (χ4v) is 4.73. The SMILES string of the molecule is COc1ccc(OCC(=O)N(Cc2ccc(Cl)cc2)[C@@H](Cc2ccccc2)C(=O)NC2CCCC2)cc1. The summed E-state index contributed by atoms with van der Waals surface area (Å²) in [6, 6.07) is 23.6. The van der Waals surface area contributed by atoms with Crippen molar-refractivity contribution < 1.29 is 19.1 Å². The highest BCUT2D eigenvalue weighted by Crippen LogP contribution is 2.21. The van der Waals surface area contributed by atoms with E-state index in [-0.39, 0.29) is 31.0 Å². The summed E-state index contributed by atoms with van der Waals surface area (Å²) in [6.45, 7) is 0.0689. The highest BCUT2D eigenvalue weighted by molar-refractivity contribution is 6.30. The number of halogens is 1. The van der Waals surface area contributed by atoms with E-state index in [4.69, 9.17) is 21.1 Å². The Morgan fingerprint density at radius 3 is 2.22 bits per heavy atom. The van der Waals surface area contributed by atoms with E-state index in [1.165, 1.54) is 0 Å². The molecular weight excluding hydrogens is 488 g/mol. The Morgan fingerprint density at radius 1 is 0.919 bits per heavy atom. The van der Waals surface area contributed by atoms with Gasteiger partial charge in [-0.2, -0.15) is 0 Å². The molecule has 0 aromatic heterocycles. The quantitative estimate of drug-likeness (QED) is 0.366. The maximum absolute atomic E-state index is 13.7. The minimum atomic E-state index is -0.689. The van der Waals surface area contributed by atoms with E-state index in [2.05, 4.69) is 5.32 Å². The minimum Gasteiger partial charge on any atom is -0.497 e. The summed E-state index contributed by atoms with van der Waals surface area (Å²) >= 11 is 6.09. The van der Waals surface area contributed by atoms with Gasteiger partial charge in [0.15, 0.2) is 6.61 Å². The first-order chi connectivity index (χ1) is 18.0. The Labute approximate surface area is 223 Å². The second kappa shape index (κ2) is 13.2. The summed E-state index contributed by atoms with van der Waals surface area (Å²) in [5.74, 6) is 0.848. The standard InChI is InChI=1S/C30H33ClN2O4/c1-36-26-15-17-27(18-16-26)37-21-29(34)33(20-23-11-13-24(31)14-12-23)28(19-22-7-3-2-4-8-22)30(35)32-25-9-5-6-10-25/h2-4,7-8,11-18,25,28H,5-6,9-10,19-21H2,1H3,(H,32,35)/t28-/m0/s1. The lowest BCUT2D eigenvalue weighted by Crippen LogP contribution is -2.53. The van der Waals surface area contributed by atoms with Gasteiger partial charge in [0.25, 0.3) is 5.91 Å². The van der Waals surface area contributed by atoms with Gasteiger partial charge in [-0.1, -0.05) is 66.9 Å². The highest BCUT2D eigenvalue weighted by Gasteiger charge is 2.32. The summed E-state index contributed by atoms with van der Waals surface area (Å²) in [4.78, 5) is 28.9. The number of carbonyl (C=O) groups excluding carboxylic acids is 2. The van der Waals surface area contributed by atoms with Crippen LogP contribution < -0.4 is 14.8 Å². The van der Waals surface area contributed by atoms with Gasteiger partial charge in [-0.25, -0.2) is 0 Å². The fraction of sp³-hybridized carbons (Fsp3) is 0.333. The van der Waals surface area contributed by atoms with Gasteiger partial charge in [-0.15, -0.1) is 0 Å². The molecule has 2 amide bonds. The van der Waals surface area contributed by atoms with Crippen LogP contribution in [0.3, 0.4) is 0 Å². The number of methoxy groups -OCH3 is 1. The van der Waals surface area contributed by atoms with Crippen LogP contribution in [-0.4, -0.2) is 42.5 Å². The molecule has 0 unspecified atom stereocenters. The van der Waals surface area contributed by atoms with Crippen LogP contribution in [0, 0.1) is 0 Å². The van der Waals surface area contributed by atoms with Crippen LogP contribution in [0.1, 0.15) is 36.8 Å². The normalized spacial score (nSPS) is 14.1. The van der Waals surface area contributed by atoms with Crippen LogP contribution in [0.2, 0.25) is 5.02 Å². The van der Waals surface area contributed by atoms with Gasteiger partial charge < -0.3 is 19.7 Å². The van der Waals surface area contributed by atoms with Crippen molar-refractivity contribution in [2.45, 2.75) is 50.7 Å². The van der Waals surface area contributed by atoms with Crippen molar-refractivity contribution in [3.63, 3.8) is 0 Å². The lowest BCUT2D eigenvalue weighted by molar-refractivity contribution is -0.143. The van der Waals surface area contributed by atoms with E-state index in [1.807, 2.05) is 42.5 Å². The zero-order valence-corrected chi connectivity index (χ0v) is 21.8. The van der Waals surface area contributed by atoms with E-state index >= 15 is 0 Å². The smallest absolute Gasteiger partial charge is 0.261 e. The zero-order valence-electron chi connectivity index (χ0n) is 21.1. The van der Waals surface area contributed by atoms with Crippen LogP contribution in [0.4, 0.5) is 0 Å². The average molecular weight is 521 g/mol. The minimum absolute atomic E-state index is 0.137. The molecule has 3 aromatic carbocycles. The van der Waals surface area contributed by atoms with Crippen molar-refractivity contribution in [3.05, 3.63) is 95.0 Å². The Morgan fingerprint density at radius 2 is 1.57 bits per heavy atom. The molecule has 1 aliphatic carbocycles. The number of nitrogens with one attached hydrogen (secondary N) is 1. The van der Waals surface area contributed by atoms with E-state index < -0.39 is 6.04 Å². The molecule has 0 saturated heterocycles. The Hall–Kier alpha value is -3.51. The van der Waals surface area contributed by atoms with Crippen molar-refractivity contribution in [2.24, 2.45) is 0 Å². The summed E-state index contributed by atoms with van der Waals surface area (Å²) in [5.41, 5.74) is 1.87. The van der Waals surface area contributed by atoms with Crippen molar-refractivity contribution in [2.75, 3.05) is 13.7 Å². The van der Waals surface area contributed by atoms with Gasteiger partial charge in [0, 0.05) is 24.0 Å². The predicted molar refractivity (Wildman–Crippen MR) is 145 cm³/mol. The summed E-state index contributed by atoms with van der Waals surface area (Å²) in [5, 5.41) is 3.82. The predicted octanol–water partition coefficient (Wildman–Crippen LogP) is 5.43. The molecule has 4 rings (SSSR count). The molecule has 6 nitrogen and oxygen atoms in total. The molecule has 7 heteroatoms. The molecule has 1 saturated carbocycles. The first kappa shape index (κ1) is 26.6. The number of carbonyl (C=O) groups is 2. The number of hydrogen-bond acceptors (Lipinski definition) is 4. The van der Waals surface area contributed by atoms with Gasteiger partial charge in [0.2, 0.25) is 5.91 Å². The van der Waals surface area contributed by atoms with E-state index in [9.17, 15) is 9.59 Å². The molecule has 37 heavy (non-hydrogen) atoms. The molecule has 0 radical (unpaired) electrons. The first-order valence-electron chi connectivity index (χ1n) is 12.7. The molecule has 1 N–H and O–H groups in total. The van der Waals surface area contributed by atoms with Crippen molar-refractivity contribution >= 4 is 23.4 Å². The highest BCUT2D eigenvalue weighted by atomic mass is 35.5. The molecule has 1 fully saturated rings. The fourth-order valence-electron chi connectivity index (χ4n) is 4.61. The molecule has 194 valence electrons. The van der Waals surface area contributed by atoms with E-state index in [1.54, 1.807) is 48.4 Å². The second-order valence-corrected chi connectivity index (χ2v) is 9.74. The Balaban J connectivity index is 1.58. The van der Waals surface area contributed by atoms with Gasteiger partial charge >= 0.3 is 0 Å². The first-order valence-corrected chi connectivity index (χ1v) is 13.0. The molecule has 3 aromatic rings. The third kappa shape index (κ3) is 7.73. The number of benzene rings is 3. The van der Waals surface area contributed by atoms with Gasteiger partial charge in [0.05, 0.1) is 7.11 Å². The van der Waals surface area contributed by atoms with Crippen molar-refractivity contribution in [3.8, 4) is 11.5 Å². The second-order valence-electron chi connectivity index (χ2n) is 9.31. The topological polar surface area (TPSA) is 67.9 Å². The number of hydrogen-bond donors (Lipinski definition) is 1. The Kier molecular flexibility index (Phi) is 9.44. The average Bonchev–Trinajstić information content (AvgIpc) is 3.44. The number of amides is 2. The van der Waals surface area contributed by atoms with E-state index in [0.29, 0.717) is 22.9 Å². The number of rotatable bonds is 11. The van der Waals surface area contributed by atoms with Gasteiger partial charge in [-0.05, 0) is 60.4 Å². The molecular formula is C30H33ClN2O4. The van der Waals surface area contributed by atoms with Gasteiger partial charge in [-0.3, -0.25) is 9.59 Å². The summed E-state index contributed by atoms with van der Waals surface area (Å²) in [7, 11) is 1.59. The maximum atomic E-state index is 13.7. The third-order valence-electron chi connectivity index (χ3n) is 6.66. The van der Waals surface area contributed by atoms with Crippen LogP contribution in [0.15, 0.2) is 78.9 Å². The Bertz CT molecular complexity index is 1150. The van der Waals surface area contributed by atoms with E-state index in [0.717, 1.165) is 36.8 Å². The molecule has 0 bridgehead atoms. The van der Waals surface area contributed by atoms with Crippen LogP contribution >= 0.6 is 11.6 Å². The molecule has 0 aliphatic heterocycles. The van der Waals surface area contributed by atoms with Crippen molar-refractivity contribution in [1.29, 1.82) is 0 Å². The number of nitrogens with zero attached hydrogens (tertiary/aromatic N) is 1. The lowest BCUT2D eigenvalue weighted by atomic mass is 10.0. The monoisotopic (exact) mass is 520 g/mol. The molecule has 1 atom stereocenters. The van der Waals surface area contributed by atoms with Crippen LogP contribution in [0.25, 0.3) is 0 Å². The summed E-state index contributed by atoms with van der Waals surface area (Å²) < 4.78 is 11.0. The molecule has 0 spiro atoms. The summed E-state index contributed by atoms with van der Waals surface area (Å²) in [6.07, 6.45) is 4.56. The molecule has 1 aliphatic rings. The maximum Gasteiger partial charge on any atom is 0.261 e. The lowest BCUT2D eigenvalue weighted by Gasteiger charge is -2.32.